The van der Waals surface area contributed by atoms with Gasteiger partial charge >= 0.3 is 8.60 Å². The Balaban J connectivity index is 0.000000226. The van der Waals surface area contributed by atoms with Crippen molar-refractivity contribution in [3.8, 4) is 0 Å². The van der Waals surface area contributed by atoms with E-state index >= 15 is 0 Å². The van der Waals surface area contributed by atoms with Crippen LogP contribution in [0, 0.1) is 6.92 Å². The first-order chi connectivity index (χ1) is 6.20. The fourth-order valence-corrected chi connectivity index (χ4v) is 0.758. The number of benzene rings is 1. The van der Waals surface area contributed by atoms with Gasteiger partial charge in [0.05, 0.1) is 0 Å². The number of hydrogen-bond acceptors (Lipinski definition) is 3. The van der Waals surface area contributed by atoms with E-state index in [9.17, 15) is 0 Å². The van der Waals surface area contributed by atoms with E-state index in [0.29, 0.717) is 0 Å². The molecule has 0 amide bonds. The average Bonchev–Trinajstić information content (AvgIpc) is 2.19. The smallest absolute Gasteiger partial charge is 0.328 e. The summed E-state index contributed by atoms with van der Waals surface area (Å²) in [6.07, 6.45) is 0. The third-order valence-electron chi connectivity index (χ3n) is 1.25. The van der Waals surface area contributed by atoms with Gasteiger partial charge < -0.3 is 13.9 Å². The van der Waals surface area contributed by atoms with E-state index in [1.165, 1.54) is 19.8 Å². The Bertz CT molecular complexity index is 199. The van der Waals surface area contributed by atoms with Gasteiger partial charge in [0, 0.05) is 14.2 Å². The van der Waals surface area contributed by atoms with Gasteiger partial charge in [0.2, 0.25) is 0 Å². The Labute approximate surface area is 80.3 Å². The lowest BCUT2D eigenvalue weighted by Crippen LogP contribution is -1.75. The van der Waals surface area contributed by atoms with Gasteiger partial charge in [-0.1, -0.05) is 35.9 Å². The lowest BCUT2D eigenvalue weighted by molar-refractivity contribution is 0.271. The molecule has 0 radical (unpaired) electrons. The maximum Gasteiger partial charge on any atom is 0.329 e. The lowest BCUT2D eigenvalue weighted by Gasteiger charge is -1.98. The van der Waals surface area contributed by atoms with Crippen LogP contribution in [0.5, 0.6) is 0 Å². The molecule has 4 heteroatoms. The minimum absolute atomic E-state index is 1.32. The molecule has 0 aliphatic carbocycles. The van der Waals surface area contributed by atoms with E-state index in [1.54, 1.807) is 0 Å². The first kappa shape index (κ1) is 12.5. The Morgan fingerprint density at radius 3 is 1.69 bits per heavy atom. The average molecular weight is 202 g/mol. The van der Waals surface area contributed by atoms with E-state index in [1.807, 2.05) is 18.2 Å². The second-order valence-corrected chi connectivity index (χ2v) is 3.46. The second-order valence-electron chi connectivity index (χ2n) is 2.26. The van der Waals surface area contributed by atoms with Crippen LogP contribution in [-0.2, 0) is 9.05 Å². The van der Waals surface area contributed by atoms with Crippen molar-refractivity contribution in [3.63, 3.8) is 0 Å². The Morgan fingerprint density at radius 1 is 1.08 bits per heavy atom. The molecule has 74 valence electrons. The predicted molar refractivity (Wildman–Crippen MR) is 54.3 cm³/mol. The monoisotopic (exact) mass is 202 g/mol. The van der Waals surface area contributed by atoms with Crippen molar-refractivity contribution in [2.24, 2.45) is 0 Å². The van der Waals surface area contributed by atoms with Crippen LogP contribution in [0.1, 0.15) is 5.56 Å². The molecule has 3 nitrogen and oxygen atoms in total. The van der Waals surface area contributed by atoms with E-state index in [2.05, 4.69) is 28.1 Å². The highest BCUT2D eigenvalue weighted by atomic mass is 31.2. The van der Waals surface area contributed by atoms with Crippen molar-refractivity contribution in [1.82, 2.24) is 0 Å². The maximum absolute atomic E-state index is 8.29. The van der Waals surface area contributed by atoms with Crippen LogP contribution in [0.15, 0.2) is 30.3 Å². The van der Waals surface area contributed by atoms with Gasteiger partial charge in [-0.25, -0.2) is 0 Å². The van der Waals surface area contributed by atoms with Gasteiger partial charge in [-0.3, -0.25) is 0 Å². The minimum atomic E-state index is -1.58. The quantitative estimate of drug-likeness (QED) is 0.749. The summed E-state index contributed by atoms with van der Waals surface area (Å²) in [6, 6.07) is 10.3. The Hall–Kier alpha value is -0.470. The van der Waals surface area contributed by atoms with E-state index in [-0.39, 0.29) is 0 Å². The number of rotatable bonds is 2. The van der Waals surface area contributed by atoms with Crippen molar-refractivity contribution in [1.29, 1.82) is 0 Å². The highest BCUT2D eigenvalue weighted by molar-refractivity contribution is 7.40. The van der Waals surface area contributed by atoms with Gasteiger partial charge in [-0.05, 0) is 6.92 Å². The van der Waals surface area contributed by atoms with Crippen LogP contribution in [0.4, 0.5) is 0 Å². The number of hydrogen-bond donors (Lipinski definition) is 1. The van der Waals surface area contributed by atoms with Crippen molar-refractivity contribution in [2.45, 2.75) is 6.92 Å². The highest BCUT2D eigenvalue weighted by Gasteiger charge is 1.94. The summed E-state index contributed by atoms with van der Waals surface area (Å²) >= 11 is 0. The van der Waals surface area contributed by atoms with E-state index in [4.69, 9.17) is 4.89 Å². The van der Waals surface area contributed by atoms with Crippen molar-refractivity contribution in [2.75, 3.05) is 14.2 Å². The third-order valence-corrected chi connectivity index (χ3v) is 1.88. The number of aryl methyl sites for hydroxylation is 1. The topological polar surface area (TPSA) is 38.7 Å². The maximum atomic E-state index is 8.29. The molecule has 0 aliphatic heterocycles. The largest absolute Gasteiger partial charge is 0.329 e. The molecular weight excluding hydrogens is 187 g/mol. The molecule has 1 N–H and O–H groups in total. The van der Waals surface area contributed by atoms with Crippen molar-refractivity contribution < 1.29 is 13.9 Å². The molecule has 1 aromatic carbocycles. The molecule has 0 atom stereocenters. The first-order valence-corrected chi connectivity index (χ1v) is 4.92. The van der Waals surface area contributed by atoms with Crippen molar-refractivity contribution in [3.05, 3.63) is 35.9 Å². The second kappa shape index (κ2) is 8.14. The summed E-state index contributed by atoms with van der Waals surface area (Å²) < 4.78 is 8.59. The zero-order chi connectivity index (χ0) is 10.1. The predicted octanol–water partition coefficient (Wildman–Crippen LogP) is 2.49. The Kier molecular flexibility index (Phi) is 7.85. The van der Waals surface area contributed by atoms with Crippen LogP contribution in [0.2, 0.25) is 0 Å². The molecular formula is C9H15O3P. The zero-order valence-electron chi connectivity index (χ0n) is 8.10. The van der Waals surface area contributed by atoms with Crippen LogP contribution in [0.3, 0.4) is 0 Å². The van der Waals surface area contributed by atoms with E-state index in [0.717, 1.165) is 0 Å². The minimum Gasteiger partial charge on any atom is -0.328 e. The molecule has 0 spiro atoms. The standard InChI is InChI=1S/C7H8.C2H7O3P/c1-7-5-3-2-4-6-7;1-4-6(3)5-2/h2-6H,1H3;3H,1-2H3. The molecule has 0 heterocycles. The summed E-state index contributed by atoms with van der Waals surface area (Å²) in [5, 5.41) is 0. The first-order valence-electron chi connectivity index (χ1n) is 3.79. The SMILES string of the molecule is COP(O)OC.Cc1ccccc1. The van der Waals surface area contributed by atoms with Gasteiger partial charge in [-0.2, -0.15) is 0 Å². The van der Waals surface area contributed by atoms with Gasteiger partial charge in [0.15, 0.2) is 0 Å². The molecule has 0 bridgehead atoms. The summed E-state index contributed by atoms with van der Waals surface area (Å²) in [4.78, 5) is 8.29. The Morgan fingerprint density at radius 2 is 1.54 bits per heavy atom. The molecule has 0 fully saturated rings. The zero-order valence-corrected chi connectivity index (χ0v) is 8.99. The van der Waals surface area contributed by atoms with Gasteiger partial charge in [-0.15, -0.1) is 0 Å². The van der Waals surface area contributed by atoms with Crippen LogP contribution in [0.25, 0.3) is 0 Å². The van der Waals surface area contributed by atoms with Crippen molar-refractivity contribution >= 4 is 8.60 Å². The molecule has 1 aromatic rings. The summed E-state index contributed by atoms with van der Waals surface area (Å²) in [5.74, 6) is 0. The summed E-state index contributed by atoms with van der Waals surface area (Å²) in [6.45, 7) is 2.08. The van der Waals surface area contributed by atoms with Crippen LogP contribution >= 0.6 is 8.60 Å². The summed E-state index contributed by atoms with van der Waals surface area (Å²) in [7, 11) is 1.19. The lowest BCUT2D eigenvalue weighted by atomic mass is 10.2. The fourth-order valence-electron chi connectivity index (χ4n) is 0.609. The molecule has 0 unspecified atom stereocenters. The summed E-state index contributed by atoms with van der Waals surface area (Å²) in [5.41, 5.74) is 1.32. The van der Waals surface area contributed by atoms with Gasteiger partial charge in [0.25, 0.3) is 0 Å². The third kappa shape index (κ3) is 7.88. The van der Waals surface area contributed by atoms with Gasteiger partial charge in [0.1, 0.15) is 0 Å². The highest BCUT2D eigenvalue weighted by Crippen LogP contribution is 2.28. The fraction of sp³-hybridized carbons (Fsp3) is 0.333. The molecule has 1 rings (SSSR count). The molecule has 0 aromatic heterocycles. The van der Waals surface area contributed by atoms with Crippen LogP contribution in [-0.4, -0.2) is 19.1 Å². The molecule has 0 saturated carbocycles. The molecule has 0 aliphatic rings. The van der Waals surface area contributed by atoms with E-state index < -0.39 is 8.60 Å². The van der Waals surface area contributed by atoms with Crippen LogP contribution < -0.4 is 0 Å². The molecule has 13 heavy (non-hydrogen) atoms. The molecule has 0 saturated heterocycles. The normalized spacial score (nSPS) is 9.31.